The van der Waals surface area contributed by atoms with Gasteiger partial charge in [0.25, 0.3) is 0 Å². The van der Waals surface area contributed by atoms with E-state index in [1.807, 2.05) is 43.3 Å². The molecule has 0 fully saturated rings. The van der Waals surface area contributed by atoms with Gasteiger partial charge in [-0.1, -0.05) is 6.07 Å². The van der Waals surface area contributed by atoms with Crippen molar-refractivity contribution in [2.24, 2.45) is 0 Å². The molecule has 3 rings (SSSR count). The van der Waals surface area contributed by atoms with Crippen molar-refractivity contribution >= 4 is 10.8 Å². The summed E-state index contributed by atoms with van der Waals surface area (Å²) in [5.74, 6) is 2.54. The van der Waals surface area contributed by atoms with E-state index >= 15 is 0 Å². The lowest BCUT2D eigenvalue weighted by atomic mass is 9.90. The number of nitrogens with zero attached hydrogens (tertiary/aromatic N) is 1. The van der Waals surface area contributed by atoms with Gasteiger partial charge in [0.15, 0.2) is 23.0 Å². The minimum absolute atomic E-state index is 0.611. The molecule has 0 N–H and O–H groups in total. The molecule has 0 unspecified atom stereocenters. The maximum Gasteiger partial charge on any atom is 0.161 e. The Morgan fingerprint density at radius 3 is 1.93 bits per heavy atom. The van der Waals surface area contributed by atoms with Crippen LogP contribution in [0.3, 0.4) is 0 Å². The van der Waals surface area contributed by atoms with Gasteiger partial charge < -0.3 is 18.9 Å². The number of hydrogen-bond donors (Lipinski definition) is 0. The van der Waals surface area contributed by atoms with Crippen LogP contribution in [0.4, 0.5) is 0 Å². The van der Waals surface area contributed by atoms with Gasteiger partial charge in [0.05, 0.1) is 40.1 Å². The van der Waals surface area contributed by atoms with E-state index in [4.69, 9.17) is 18.9 Å². The van der Waals surface area contributed by atoms with Gasteiger partial charge in [0.2, 0.25) is 0 Å². The van der Waals surface area contributed by atoms with Crippen LogP contribution in [-0.4, -0.2) is 28.4 Å². The Hall–Kier alpha value is -3.39. The van der Waals surface area contributed by atoms with Crippen molar-refractivity contribution in [3.8, 4) is 40.2 Å². The molecule has 0 heterocycles. The molecule has 5 nitrogen and oxygen atoms in total. The Balaban J connectivity index is 2.40. The molecule has 0 aliphatic rings. The fraction of sp³-hybridized carbons (Fsp3) is 0.227. The number of nitriles is 1. The highest BCUT2D eigenvalue weighted by atomic mass is 16.5. The second-order valence-corrected chi connectivity index (χ2v) is 6.03. The molecule has 0 aliphatic heterocycles. The van der Waals surface area contributed by atoms with Gasteiger partial charge in [-0.3, -0.25) is 0 Å². The van der Waals surface area contributed by atoms with Crippen molar-refractivity contribution in [2.75, 3.05) is 28.4 Å². The average Bonchev–Trinajstić information content (AvgIpc) is 2.71. The Labute approximate surface area is 158 Å². The van der Waals surface area contributed by atoms with E-state index in [1.165, 1.54) is 0 Å². The first-order chi connectivity index (χ1) is 13.1. The molecule has 5 heteroatoms. The Morgan fingerprint density at radius 1 is 0.741 bits per heavy atom. The molecule has 0 saturated heterocycles. The Bertz CT molecular complexity index is 1050. The Morgan fingerprint density at radius 2 is 1.33 bits per heavy atom. The van der Waals surface area contributed by atoms with Crippen molar-refractivity contribution in [2.45, 2.75) is 6.92 Å². The van der Waals surface area contributed by atoms with Crippen molar-refractivity contribution < 1.29 is 18.9 Å². The van der Waals surface area contributed by atoms with Crippen LogP contribution in [-0.2, 0) is 0 Å². The van der Waals surface area contributed by atoms with E-state index in [1.54, 1.807) is 28.4 Å². The van der Waals surface area contributed by atoms with Crippen LogP contribution in [0, 0.1) is 18.3 Å². The van der Waals surface area contributed by atoms with Crippen LogP contribution < -0.4 is 18.9 Å². The molecule has 0 bridgehead atoms. The van der Waals surface area contributed by atoms with Gasteiger partial charge in [-0.2, -0.15) is 5.26 Å². The molecular weight excluding hydrogens is 342 g/mol. The maximum absolute atomic E-state index is 9.61. The van der Waals surface area contributed by atoms with E-state index < -0.39 is 0 Å². The number of rotatable bonds is 5. The molecule has 0 spiro atoms. The second-order valence-electron chi connectivity index (χ2n) is 6.03. The zero-order valence-electron chi connectivity index (χ0n) is 16.0. The normalized spacial score (nSPS) is 10.4. The van der Waals surface area contributed by atoms with Crippen molar-refractivity contribution in [3.63, 3.8) is 0 Å². The largest absolute Gasteiger partial charge is 0.493 e. The zero-order valence-corrected chi connectivity index (χ0v) is 16.0. The summed E-state index contributed by atoms with van der Waals surface area (Å²) in [5, 5.41) is 11.5. The predicted molar refractivity (Wildman–Crippen MR) is 105 cm³/mol. The summed E-state index contributed by atoms with van der Waals surface area (Å²) in [6.45, 7) is 1.95. The molecule has 27 heavy (non-hydrogen) atoms. The first-order valence-corrected chi connectivity index (χ1v) is 8.39. The number of benzene rings is 3. The van der Waals surface area contributed by atoms with Crippen molar-refractivity contribution in [3.05, 3.63) is 47.5 Å². The molecule has 0 aliphatic carbocycles. The first-order valence-electron chi connectivity index (χ1n) is 8.39. The van der Waals surface area contributed by atoms with E-state index in [-0.39, 0.29) is 0 Å². The lowest BCUT2D eigenvalue weighted by molar-refractivity contribution is 0.355. The topological polar surface area (TPSA) is 60.7 Å². The number of hydrogen-bond acceptors (Lipinski definition) is 5. The molecule has 0 amide bonds. The molecule has 3 aromatic rings. The van der Waals surface area contributed by atoms with Crippen LogP contribution in [0.25, 0.3) is 21.9 Å². The zero-order chi connectivity index (χ0) is 19.6. The fourth-order valence-electron chi connectivity index (χ4n) is 3.31. The third kappa shape index (κ3) is 3.11. The molecule has 3 aromatic carbocycles. The summed E-state index contributed by atoms with van der Waals surface area (Å²) < 4.78 is 21.7. The Kier molecular flexibility index (Phi) is 5.09. The van der Waals surface area contributed by atoms with Gasteiger partial charge in [-0.15, -0.1) is 0 Å². The van der Waals surface area contributed by atoms with Gasteiger partial charge in [-0.05, 0) is 64.7 Å². The molecule has 0 saturated carbocycles. The highest BCUT2D eigenvalue weighted by molar-refractivity contribution is 6.01. The average molecular weight is 363 g/mol. The fourth-order valence-corrected chi connectivity index (χ4v) is 3.31. The molecule has 138 valence electrons. The lowest BCUT2D eigenvalue weighted by Crippen LogP contribution is -1.96. The third-order valence-corrected chi connectivity index (χ3v) is 4.70. The summed E-state index contributed by atoms with van der Waals surface area (Å²) in [4.78, 5) is 0. The highest BCUT2D eigenvalue weighted by Gasteiger charge is 2.17. The van der Waals surface area contributed by atoms with Gasteiger partial charge >= 0.3 is 0 Å². The van der Waals surface area contributed by atoms with E-state index in [9.17, 15) is 5.26 Å². The summed E-state index contributed by atoms with van der Waals surface area (Å²) in [6, 6.07) is 13.7. The summed E-state index contributed by atoms with van der Waals surface area (Å²) >= 11 is 0. The second kappa shape index (κ2) is 7.46. The van der Waals surface area contributed by atoms with Gasteiger partial charge in [0.1, 0.15) is 0 Å². The molecular formula is C22H21NO4. The van der Waals surface area contributed by atoms with Crippen LogP contribution in [0.1, 0.15) is 11.1 Å². The van der Waals surface area contributed by atoms with Crippen LogP contribution >= 0.6 is 0 Å². The van der Waals surface area contributed by atoms with Crippen LogP contribution in [0.2, 0.25) is 0 Å². The first kappa shape index (κ1) is 18.4. The maximum atomic E-state index is 9.61. The molecule has 0 atom stereocenters. The lowest BCUT2D eigenvalue weighted by Gasteiger charge is -2.17. The summed E-state index contributed by atoms with van der Waals surface area (Å²) in [5.41, 5.74) is 3.38. The summed E-state index contributed by atoms with van der Waals surface area (Å²) in [6.07, 6.45) is 0. The van der Waals surface area contributed by atoms with E-state index in [2.05, 4.69) is 6.07 Å². The summed E-state index contributed by atoms with van der Waals surface area (Å²) in [7, 11) is 6.41. The third-order valence-electron chi connectivity index (χ3n) is 4.70. The van der Waals surface area contributed by atoms with Crippen molar-refractivity contribution in [1.29, 1.82) is 5.26 Å². The quantitative estimate of drug-likeness (QED) is 0.656. The van der Waals surface area contributed by atoms with Crippen LogP contribution in [0.15, 0.2) is 36.4 Å². The highest BCUT2D eigenvalue weighted by Crippen LogP contribution is 2.42. The van der Waals surface area contributed by atoms with Crippen molar-refractivity contribution in [1.82, 2.24) is 0 Å². The van der Waals surface area contributed by atoms with E-state index in [0.29, 0.717) is 28.6 Å². The number of methoxy groups -OCH3 is 4. The van der Waals surface area contributed by atoms with E-state index in [0.717, 1.165) is 27.5 Å². The van der Waals surface area contributed by atoms with Gasteiger partial charge in [0, 0.05) is 0 Å². The smallest absolute Gasteiger partial charge is 0.161 e. The SMILES string of the molecule is COc1ccc(-c2c(C)c(C#N)cc3cc(OC)c(OC)cc23)cc1OC. The molecule has 0 aromatic heterocycles. The predicted octanol–water partition coefficient (Wildman–Crippen LogP) is 4.72. The van der Waals surface area contributed by atoms with Crippen LogP contribution in [0.5, 0.6) is 23.0 Å². The monoisotopic (exact) mass is 363 g/mol. The standard InChI is InChI=1S/C22H21NO4/c1-13-16(12-23)8-15-10-20(26-4)21(27-5)11-17(15)22(13)14-6-7-18(24-2)19(9-14)25-3/h6-11H,1-5H3. The molecule has 0 radical (unpaired) electrons. The minimum Gasteiger partial charge on any atom is -0.493 e. The minimum atomic E-state index is 0.611. The number of fused-ring (bicyclic) bond motifs is 1. The van der Waals surface area contributed by atoms with Gasteiger partial charge in [-0.25, -0.2) is 0 Å². The number of ether oxygens (including phenoxy) is 4.